The Hall–Kier alpha value is -1.93. The summed E-state index contributed by atoms with van der Waals surface area (Å²) in [5.41, 5.74) is 2.23. The Kier molecular flexibility index (Phi) is 5.24. The van der Waals surface area contributed by atoms with E-state index in [0.717, 1.165) is 24.2 Å². The van der Waals surface area contributed by atoms with E-state index in [-0.39, 0.29) is 6.04 Å². The largest absolute Gasteiger partial charge is 0.297 e. The third-order valence-electron chi connectivity index (χ3n) is 4.70. The van der Waals surface area contributed by atoms with Crippen LogP contribution in [0, 0.1) is 5.92 Å². The first-order chi connectivity index (χ1) is 11.2. The van der Waals surface area contributed by atoms with Crippen LogP contribution in [-0.2, 0) is 11.2 Å². The lowest BCUT2D eigenvalue weighted by molar-refractivity contribution is -0.124. The second-order valence-corrected chi connectivity index (χ2v) is 6.68. The van der Waals surface area contributed by atoms with Crippen molar-refractivity contribution in [2.45, 2.75) is 32.2 Å². The van der Waals surface area contributed by atoms with Crippen molar-refractivity contribution in [2.24, 2.45) is 5.92 Å². The highest BCUT2D eigenvalue weighted by Crippen LogP contribution is 2.28. The molecule has 2 aromatic carbocycles. The molecule has 2 heteroatoms. The molecule has 1 heterocycles. The Balaban J connectivity index is 1.84. The summed E-state index contributed by atoms with van der Waals surface area (Å²) in [6, 6.07) is 20.2. The van der Waals surface area contributed by atoms with Gasteiger partial charge in [-0.2, -0.15) is 0 Å². The fraction of sp³-hybridized carbons (Fsp3) is 0.381. The minimum Gasteiger partial charge on any atom is -0.297 e. The smallest absolute Gasteiger partial charge is 0.158 e. The van der Waals surface area contributed by atoms with Gasteiger partial charge in [0.15, 0.2) is 5.78 Å². The summed E-state index contributed by atoms with van der Waals surface area (Å²) in [6.45, 7) is 4.32. The highest BCUT2D eigenvalue weighted by Gasteiger charge is 2.30. The quantitative estimate of drug-likeness (QED) is 0.822. The van der Waals surface area contributed by atoms with Crippen LogP contribution in [-0.4, -0.2) is 23.8 Å². The molecule has 2 aromatic rings. The van der Waals surface area contributed by atoms with Gasteiger partial charge < -0.3 is 0 Å². The van der Waals surface area contributed by atoms with Crippen molar-refractivity contribution in [3.05, 3.63) is 71.8 Å². The second-order valence-electron chi connectivity index (χ2n) is 6.68. The van der Waals surface area contributed by atoms with Crippen LogP contribution in [0.2, 0.25) is 0 Å². The molecule has 2 unspecified atom stereocenters. The molecule has 0 spiro atoms. The van der Waals surface area contributed by atoms with E-state index < -0.39 is 0 Å². The first kappa shape index (κ1) is 15.9. The van der Waals surface area contributed by atoms with Crippen LogP contribution in [0.25, 0.3) is 0 Å². The Morgan fingerprint density at radius 2 is 1.74 bits per heavy atom. The fourth-order valence-electron chi connectivity index (χ4n) is 3.59. The number of likely N-dealkylation sites (tertiary alicyclic amines) is 1. The Morgan fingerprint density at radius 3 is 2.39 bits per heavy atom. The van der Waals surface area contributed by atoms with E-state index in [4.69, 9.17) is 0 Å². The van der Waals surface area contributed by atoms with Gasteiger partial charge >= 0.3 is 0 Å². The average molecular weight is 307 g/mol. The van der Waals surface area contributed by atoms with Gasteiger partial charge in [0, 0.05) is 13.0 Å². The van der Waals surface area contributed by atoms with Gasteiger partial charge in [-0.05, 0) is 36.4 Å². The molecule has 23 heavy (non-hydrogen) atoms. The molecule has 0 radical (unpaired) electrons. The van der Waals surface area contributed by atoms with Gasteiger partial charge in [0.1, 0.15) is 0 Å². The molecule has 2 atom stereocenters. The summed E-state index contributed by atoms with van der Waals surface area (Å²) in [7, 11) is 0. The van der Waals surface area contributed by atoms with E-state index in [1.165, 1.54) is 12.8 Å². The topological polar surface area (TPSA) is 20.3 Å². The molecule has 1 aliphatic rings. The van der Waals surface area contributed by atoms with Crippen molar-refractivity contribution < 1.29 is 4.79 Å². The number of Topliss-reactive ketones (excluding diaryl/α,β-unsaturated/α-hetero) is 1. The van der Waals surface area contributed by atoms with Crippen LogP contribution in [0.5, 0.6) is 0 Å². The number of rotatable bonds is 5. The molecule has 0 aromatic heterocycles. The zero-order valence-electron chi connectivity index (χ0n) is 13.8. The molecule has 0 N–H and O–H groups in total. The molecule has 2 nitrogen and oxygen atoms in total. The number of hydrogen-bond donors (Lipinski definition) is 0. The monoisotopic (exact) mass is 307 g/mol. The van der Waals surface area contributed by atoms with Crippen molar-refractivity contribution >= 4 is 5.78 Å². The first-order valence-corrected chi connectivity index (χ1v) is 8.59. The lowest BCUT2D eigenvalue weighted by atomic mass is 9.92. The summed E-state index contributed by atoms with van der Waals surface area (Å²) in [5, 5.41) is 0. The minimum atomic E-state index is -0.112. The molecular weight excluding hydrogens is 282 g/mol. The molecule has 1 saturated heterocycles. The second kappa shape index (κ2) is 7.56. The van der Waals surface area contributed by atoms with Gasteiger partial charge in [0.25, 0.3) is 0 Å². The maximum Gasteiger partial charge on any atom is 0.158 e. The van der Waals surface area contributed by atoms with E-state index in [1.54, 1.807) is 0 Å². The summed E-state index contributed by atoms with van der Waals surface area (Å²) < 4.78 is 0. The van der Waals surface area contributed by atoms with E-state index in [1.807, 2.05) is 48.5 Å². The summed E-state index contributed by atoms with van der Waals surface area (Å²) in [6.07, 6.45) is 2.96. The van der Waals surface area contributed by atoms with Gasteiger partial charge in [-0.15, -0.1) is 0 Å². The molecule has 1 fully saturated rings. The maximum atomic E-state index is 13.1. The van der Waals surface area contributed by atoms with Crippen molar-refractivity contribution in [1.29, 1.82) is 0 Å². The molecule has 0 bridgehead atoms. The molecular formula is C21H25NO. The van der Waals surface area contributed by atoms with Crippen molar-refractivity contribution in [2.75, 3.05) is 13.1 Å². The van der Waals surface area contributed by atoms with Gasteiger partial charge in [0.2, 0.25) is 0 Å². The van der Waals surface area contributed by atoms with Crippen molar-refractivity contribution in [1.82, 2.24) is 4.90 Å². The van der Waals surface area contributed by atoms with Crippen LogP contribution in [0.15, 0.2) is 60.7 Å². The number of piperidine rings is 1. The molecule has 0 saturated carbocycles. The van der Waals surface area contributed by atoms with Crippen LogP contribution in [0.1, 0.15) is 36.9 Å². The highest BCUT2D eigenvalue weighted by molar-refractivity contribution is 5.87. The summed E-state index contributed by atoms with van der Waals surface area (Å²) >= 11 is 0. The number of carbonyl (C=O) groups is 1. The number of hydrogen-bond acceptors (Lipinski definition) is 2. The lowest BCUT2D eigenvalue weighted by Crippen LogP contribution is -2.41. The minimum absolute atomic E-state index is 0.112. The molecule has 3 rings (SSSR count). The average Bonchev–Trinajstić information content (AvgIpc) is 2.57. The number of benzene rings is 2. The third-order valence-corrected chi connectivity index (χ3v) is 4.70. The van der Waals surface area contributed by atoms with E-state index in [0.29, 0.717) is 18.1 Å². The number of nitrogens with zero attached hydrogens (tertiary/aromatic N) is 1. The normalized spacial score (nSPS) is 20.1. The van der Waals surface area contributed by atoms with Gasteiger partial charge in [-0.1, -0.05) is 67.6 Å². The highest BCUT2D eigenvalue weighted by atomic mass is 16.1. The number of ketones is 1. The maximum absolute atomic E-state index is 13.1. The predicted molar refractivity (Wildman–Crippen MR) is 94.3 cm³/mol. The van der Waals surface area contributed by atoms with Gasteiger partial charge in [0.05, 0.1) is 6.04 Å². The van der Waals surface area contributed by atoms with Gasteiger partial charge in [-0.25, -0.2) is 0 Å². The molecule has 1 aliphatic heterocycles. The number of carbonyl (C=O) groups excluding carboxylic acids is 1. The molecule has 0 amide bonds. The Labute approximate surface area is 139 Å². The van der Waals surface area contributed by atoms with Gasteiger partial charge in [-0.3, -0.25) is 9.69 Å². The van der Waals surface area contributed by atoms with E-state index in [9.17, 15) is 4.79 Å². The standard InChI is InChI=1S/C21H25NO/c1-17-9-8-14-22(16-17)21(19-12-6-3-7-13-19)20(23)15-18-10-4-2-5-11-18/h2-7,10-13,17,21H,8-9,14-16H2,1H3. The van der Waals surface area contributed by atoms with Crippen LogP contribution >= 0.6 is 0 Å². The van der Waals surface area contributed by atoms with Crippen molar-refractivity contribution in [3.63, 3.8) is 0 Å². The predicted octanol–water partition coefficient (Wildman–Crippen LogP) is 4.27. The zero-order chi connectivity index (χ0) is 16.1. The SMILES string of the molecule is CC1CCCN(C(C(=O)Cc2ccccc2)c2ccccc2)C1. The molecule has 120 valence electrons. The first-order valence-electron chi connectivity index (χ1n) is 8.59. The lowest BCUT2D eigenvalue weighted by Gasteiger charge is -2.36. The fourth-order valence-corrected chi connectivity index (χ4v) is 3.59. The Morgan fingerprint density at radius 1 is 1.09 bits per heavy atom. The van der Waals surface area contributed by atoms with Crippen LogP contribution < -0.4 is 0 Å². The summed E-state index contributed by atoms with van der Waals surface area (Å²) in [4.78, 5) is 15.5. The van der Waals surface area contributed by atoms with E-state index >= 15 is 0 Å². The van der Waals surface area contributed by atoms with Crippen molar-refractivity contribution in [3.8, 4) is 0 Å². The van der Waals surface area contributed by atoms with Crippen LogP contribution in [0.4, 0.5) is 0 Å². The summed E-state index contributed by atoms with van der Waals surface area (Å²) in [5.74, 6) is 0.969. The van der Waals surface area contributed by atoms with E-state index in [2.05, 4.69) is 24.0 Å². The Bertz CT molecular complexity index is 623. The molecule has 0 aliphatic carbocycles. The zero-order valence-corrected chi connectivity index (χ0v) is 13.8. The third kappa shape index (κ3) is 4.08. The van der Waals surface area contributed by atoms with Crippen LogP contribution in [0.3, 0.4) is 0 Å².